The summed E-state index contributed by atoms with van der Waals surface area (Å²) in [5.74, 6) is -1.10. The molecule has 0 aliphatic heterocycles. The summed E-state index contributed by atoms with van der Waals surface area (Å²) in [6, 6.07) is 6.04. The molecule has 0 fully saturated rings. The number of hydrogen-bond donors (Lipinski definition) is 4. The van der Waals surface area contributed by atoms with Gasteiger partial charge in [-0.25, -0.2) is 9.78 Å². The summed E-state index contributed by atoms with van der Waals surface area (Å²) >= 11 is 0.880. The molecule has 0 aliphatic carbocycles. The molecule has 2 aromatic heterocycles. The van der Waals surface area contributed by atoms with Gasteiger partial charge in [-0.05, 0) is 33.2 Å². The Labute approximate surface area is 203 Å². The number of benzene rings is 1. The highest BCUT2D eigenvalue weighted by Gasteiger charge is 2.24. The van der Waals surface area contributed by atoms with E-state index in [0.29, 0.717) is 28.5 Å². The van der Waals surface area contributed by atoms with Crippen molar-refractivity contribution in [1.82, 2.24) is 25.3 Å². The Bertz CT molecular complexity index is 1210. The van der Waals surface area contributed by atoms with E-state index in [9.17, 15) is 14.4 Å². The fourth-order valence-electron chi connectivity index (χ4n) is 2.85. The van der Waals surface area contributed by atoms with Crippen LogP contribution >= 0.6 is 11.3 Å². The lowest BCUT2D eigenvalue weighted by Gasteiger charge is -2.23. The molecule has 1 aromatic carbocycles. The van der Waals surface area contributed by atoms with Crippen LogP contribution in [0.15, 0.2) is 28.8 Å². The number of nitrogens with one attached hydrogen (secondary N) is 2. The zero-order valence-electron chi connectivity index (χ0n) is 19.3. The average molecular weight is 505 g/mol. The van der Waals surface area contributed by atoms with E-state index in [1.165, 1.54) is 0 Å². The van der Waals surface area contributed by atoms with Crippen molar-refractivity contribution in [2.75, 3.05) is 26.0 Å². The molecule has 2 heterocycles. The van der Waals surface area contributed by atoms with Crippen LogP contribution in [0.5, 0.6) is 0 Å². The van der Waals surface area contributed by atoms with Crippen LogP contribution in [0, 0.1) is 13.8 Å². The van der Waals surface area contributed by atoms with E-state index in [4.69, 9.17) is 19.5 Å². The van der Waals surface area contributed by atoms with E-state index in [-0.39, 0.29) is 28.9 Å². The van der Waals surface area contributed by atoms with E-state index < -0.39 is 17.9 Å². The number of anilines is 1. The van der Waals surface area contributed by atoms with Crippen LogP contribution in [0.3, 0.4) is 0 Å². The van der Waals surface area contributed by atoms with Crippen LogP contribution in [0.1, 0.15) is 31.6 Å². The lowest BCUT2D eigenvalue weighted by atomic mass is 10.1. The van der Waals surface area contributed by atoms with Crippen molar-refractivity contribution in [2.45, 2.75) is 19.9 Å². The quantitative estimate of drug-likeness (QED) is 0.325. The largest absolute Gasteiger partial charge is 0.483 e. The molecule has 3 aromatic rings. The maximum atomic E-state index is 12.7. The van der Waals surface area contributed by atoms with Crippen LogP contribution in [-0.2, 0) is 9.59 Å². The number of carboxylic acids is 1. The molecule has 0 saturated carbocycles. The average Bonchev–Trinajstić information content (AvgIpc) is 3.39. The molecule has 2 amide bonds. The number of nitrogens with zero attached hydrogens (tertiary/aromatic N) is 4. The van der Waals surface area contributed by atoms with Gasteiger partial charge in [0.25, 0.3) is 12.4 Å². The first-order valence-electron chi connectivity index (χ1n) is 10.0. The molecule has 1 atom stereocenters. The standard InChI is InChI=1S/C20H22N6O5S.CH2O2/c1-10-15(19(29)30)32-20(22-10)24-18(28)14(26(3)4)9-21-17(27)13-7-5-6-12(8-13)16-23-11(2)31-25-16;2-1-3/h5-8,14H,9H2,1-4H3,(H,21,27)(H,29,30)(H,22,24,28);1H,(H,2,3). The third kappa shape index (κ3) is 7.41. The lowest BCUT2D eigenvalue weighted by molar-refractivity contribution is -0.123. The van der Waals surface area contributed by atoms with E-state index in [1.54, 1.807) is 57.1 Å². The number of carbonyl (C=O) groups excluding carboxylic acids is 2. The maximum absolute atomic E-state index is 12.7. The molecule has 13 nitrogen and oxygen atoms in total. The number of carboxylic acid groups (broad SMARTS) is 2. The number of carbonyl (C=O) groups is 4. The van der Waals surface area contributed by atoms with E-state index in [0.717, 1.165) is 11.3 Å². The van der Waals surface area contributed by atoms with Gasteiger partial charge in [-0.3, -0.25) is 19.3 Å². The first-order valence-corrected chi connectivity index (χ1v) is 10.8. The SMILES string of the molecule is Cc1nc(-c2cccc(C(=O)NCC(C(=O)Nc3nc(C)c(C(=O)O)s3)N(C)C)c2)no1.O=CO. The summed E-state index contributed by atoms with van der Waals surface area (Å²) in [5.41, 5.74) is 1.33. The lowest BCUT2D eigenvalue weighted by Crippen LogP contribution is -2.47. The Morgan fingerprint density at radius 1 is 1.23 bits per heavy atom. The highest BCUT2D eigenvalue weighted by atomic mass is 32.1. The van der Waals surface area contributed by atoms with Gasteiger partial charge in [0.05, 0.1) is 5.69 Å². The third-order valence-corrected chi connectivity index (χ3v) is 5.57. The van der Waals surface area contributed by atoms with E-state index >= 15 is 0 Å². The molecule has 1 unspecified atom stereocenters. The van der Waals surface area contributed by atoms with Crippen molar-refractivity contribution < 1.29 is 33.9 Å². The van der Waals surface area contributed by atoms with Crippen molar-refractivity contribution in [3.63, 3.8) is 0 Å². The molecule has 0 bridgehead atoms. The zero-order chi connectivity index (χ0) is 26.1. The Morgan fingerprint density at radius 2 is 1.91 bits per heavy atom. The van der Waals surface area contributed by atoms with E-state index in [2.05, 4.69) is 25.8 Å². The summed E-state index contributed by atoms with van der Waals surface area (Å²) in [7, 11) is 3.40. The van der Waals surface area contributed by atoms with Crippen molar-refractivity contribution in [3.05, 3.63) is 46.3 Å². The smallest absolute Gasteiger partial charge is 0.347 e. The zero-order valence-corrected chi connectivity index (χ0v) is 20.1. The number of aromatic carboxylic acids is 1. The van der Waals surface area contributed by atoms with Gasteiger partial charge in [-0.2, -0.15) is 4.98 Å². The first kappa shape index (κ1) is 27.1. The van der Waals surface area contributed by atoms with Gasteiger partial charge in [0.1, 0.15) is 10.9 Å². The molecular weight excluding hydrogens is 480 g/mol. The predicted octanol–water partition coefficient (Wildman–Crippen LogP) is 1.51. The van der Waals surface area contributed by atoms with Crippen molar-refractivity contribution in [3.8, 4) is 11.4 Å². The summed E-state index contributed by atoms with van der Waals surface area (Å²) < 4.78 is 4.97. The Hall–Kier alpha value is -4.17. The van der Waals surface area contributed by atoms with Crippen LogP contribution in [0.25, 0.3) is 11.4 Å². The first-order chi connectivity index (χ1) is 16.6. The minimum absolute atomic E-state index is 0.0271. The Balaban J connectivity index is 0.00000137. The summed E-state index contributed by atoms with van der Waals surface area (Å²) in [4.78, 5) is 54.9. The molecule has 0 aliphatic rings. The summed E-state index contributed by atoms with van der Waals surface area (Å²) in [6.45, 7) is 3.01. The normalized spacial score (nSPS) is 11.2. The van der Waals surface area contributed by atoms with Gasteiger partial charge >= 0.3 is 5.97 Å². The molecule has 186 valence electrons. The number of amides is 2. The Kier molecular flexibility index (Phi) is 9.54. The van der Waals surface area contributed by atoms with Gasteiger partial charge in [0.2, 0.25) is 17.6 Å². The van der Waals surface area contributed by atoms with Crippen molar-refractivity contribution in [1.29, 1.82) is 0 Å². The second-order valence-electron chi connectivity index (χ2n) is 7.24. The van der Waals surface area contributed by atoms with Gasteiger partial charge < -0.3 is 25.4 Å². The van der Waals surface area contributed by atoms with Crippen LogP contribution in [0.4, 0.5) is 5.13 Å². The minimum Gasteiger partial charge on any atom is -0.483 e. The highest BCUT2D eigenvalue weighted by Crippen LogP contribution is 2.22. The minimum atomic E-state index is -1.10. The van der Waals surface area contributed by atoms with Crippen LogP contribution in [0.2, 0.25) is 0 Å². The second-order valence-corrected chi connectivity index (χ2v) is 8.24. The maximum Gasteiger partial charge on any atom is 0.347 e. The number of thiazole rings is 1. The Morgan fingerprint density at radius 3 is 2.46 bits per heavy atom. The number of aromatic nitrogens is 3. The number of rotatable bonds is 8. The molecule has 3 rings (SSSR count). The van der Waals surface area contributed by atoms with Gasteiger partial charge in [0, 0.05) is 24.6 Å². The van der Waals surface area contributed by atoms with Crippen molar-refractivity contribution in [2.24, 2.45) is 0 Å². The molecule has 0 radical (unpaired) electrons. The summed E-state index contributed by atoms with van der Waals surface area (Å²) in [6.07, 6.45) is 0. The summed E-state index contributed by atoms with van der Waals surface area (Å²) in [5, 5.41) is 25.4. The molecule has 14 heteroatoms. The fourth-order valence-corrected chi connectivity index (χ4v) is 3.66. The third-order valence-electron chi connectivity index (χ3n) is 4.51. The van der Waals surface area contributed by atoms with Gasteiger partial charge in [0.15, 0.2) is 5.13 Å². The number of likely N-dealkylation sites (N-methyl/N-ethyl adjacent to an activating group) is 1. The highest BCUT2D eigenvalue weighted by molar-refractivity contribution is 7.17. The number of hydrogen-bond acceptors (Lipinski definition) is 10. The molecule has 4 N–H and O–H groups in total. The molecule has 0 spiro atoms. The topological polar surface area (TPSA) is 188 Å². The number of aryl methyl sites for hydroxylation is 2. The predicted molar refractivity (Wildman–Crippen MR) is 125 cm³/mol. The molecule has 0 saturated heterocycles. The molecular formula is C21H24N6O7S. The van der Waals surface area contributed by atoms with Crippen molar-refractivity contribution >= 4 is 40.7 Å². The van der Waals surface area contributed by atoms with Gasteiger partial charge in [-0.15, -0.1) is 0 Å². The van der Waals surface area contributed by atoms with Crippen LogP contribution in [-0.4, -0.2) is 81.2 Å². The monoisotopic (exact) mass is 504 g/mol. The van der Waals surface area contributed by atoms with Gasteiger partial charge in [-0.1, -0.05) is 28.6 Å². The molecule has 35 heavy (non-hydrogen) atoms. The van der Waals surface area contributed by atoms with E-state index in [1.807, 2.05) is 0 Å². The fraction of sp³-hybridized carbons (Fsp3) is 0.286. The van der Waals surface area contributed by atoms with Crippen LogP contribution < -0.4 is 10.6 Å². The second kappa shape index (κ2) is 12.3.